The fourth-order valence-electron chi connectivity index (χ4n) is 5.88. The molecule has 8 nitrogen and oxygen atoms in total. The molecule has 198 valence electrons. The monoisotopic (exact) mass is 529 g/mol. The average Bonchev–Trinajstić information content (AvgIpc) is 3.04. The van der Waals surface area contributed by atoms with Gasteiger partial charge in [-0.25, -0.2) is 14.4 Å². The summed E-state index contributed by atoms with van der Waals surface area (Å²) in [6.45, 7) is 5.80. The molecular formula is C27H33ClFN5O3. The summed E-state index contributed by atoms with van der Waals surface area (Å²) in [5, 5.41) is 9.95. The Morgan fingerprint density at radius 2 is 1.97 bits per heavy atom. The topological polar surface area (TPSA) is 105 Å². The van der Waals surface area contributed by atoms with Crippen LogP contribution < -0.4 is 10.5 Å². The molecule has 1 aromatic heterocycles. The van der Waals surface area contributed by atoms with Crippen molar-refractivity contribution in [2.75, 3.05) is 32.8 Å². The minimum atomic E-state index is -0.453. The molecule has 2 aromatic rings. The van der Waals surface area contributed by atoms with Gasteiger partial charge < -0.3 is 20.5 Å². The summed E-state index contributed by atoms with van der Waals surface area (Å²) in [6, 6.07) is 4.38. The molecule has 3 N–H and O–H groups in total. The van der Waals surface area contributed by atoms with Crippen molar-refractivity contribution in [3.8, 4) is 5.75 Å². The molecule has 1 aliphatic carbocycles. The molecule has 4 aliphatic rings. The smallest absolute Gasteiger partial charge is 0.258 e. The maximum atomic E-state index is 14.3. The van der Waals surface area contributed by atoms with Gasteiger partial charge in [0.1, 0.15) is 17.7 Å². The van der Waals surface area contributed by atoms with Gasteiger partial charge in [0.25, 0.3) is 5.91 Å². The molecule has 3 atom stereocenters. The Hall–Kier alpha value is -2.75. The minimum Gasteiger partial charge on any atom is -0.489 e. The third-order valence-electron chi connectivity index (χ3n) is 7.74. The summed E-state index contributed by atoms with van der Waals surface area (Å²) in [5.74, 6) is 0.439. The third kappa shape index (κ3) is 5.30. The average molecular weight is 530 g/mol. The molecule has 6 rings (SSSR count). The van der Waals surface area contributed by atoms with Crippen molar-refractivity contribution in [1.82, 2.24) is 19.8 Å². The number of hydrogen-bond acceptors (Lipinski definition) is 7. The number of amides is 1. The number of nitrogens with two attached hydrogens (primary N) is 1. The lowest BCUT2D eigenvalue weighted by Crippen LogP contribution is -2.42. The van der Waals surface area contributed by atoms with Crippen LogP contribution >= 0.6 is 11.6 Å². The zero-order valence-electron chi connectivity index (χ0n) is 21.2. The lowest BCUT2D eigenvalue weighted by atomic mass is 9.95. The van der Waals surface area contributed by atoms with E-state index in [9.17, 15) is 14.3 Å². The quantitative estimate of drug-likeness (QED) is 0.591. The van der Waals surface area contributed by atoms with Crippen molar-refractivity contribution in [2.24, 2.45) is 11.7 Å². The van der Waals surface area contributed by atoms with Crippen LogP contribution in [0, 0.1) is 25.6 Å². The highest BCUT2D eigenvalue weighted by molar-refractivity contribution is 6.31. The van der Waals surface area contributed by atoms with Crippen LogP contribution in [-0.2, 0) is 0 Å². The number of aryl methyl sites for hydroxylation is 2. The van der Waals surface area contributed by atoms with Crippen LogP contribution in [-0.4, -0.2) is 75.7 Å². The Morgan fingerprint density at radius 1 is 1.22 bits per heavy atom. The Balaban J connectivity index is 1.34. The van der Waals surface area contributed by atoms with Crippen LogP contribution in [0.2, 0.25) is 5.02 Å². The molecule has 1 amide bonds. The molecule has 0 radical (unpaired) electrons. The first-order valence-corrected chi connectivity index (χ1v) is 13.2. The highest BCUT2D eigenvalue weighted by atomic mass is 35.5. The van der Waals surface area contributed by atoms with E-state index in [0.717, 1.165) is 32.2 Å². The van der Waals surface area contributed by atoms with E-state index in [1.165, 1.54) is 18.2 Å². The Labute approximate surface area is 221 Å². The first kappa shape index (κ1) is 25.9. The second-order valence-electron chi connectivity index (χ2n) is 10.4. The molecule has 4 heterocycles. The summed E-state index contributed by atoms with van der Waals surface area (Å²) in [7, 11) is 0. The summed E-state index contributed by atoms with van der Waals surface area (Å²) >= 11 is 6.22. The van der Waals surface area contributed by atoms with Crippen LogP contribution in [0.1, 0.15) is 53.3 Å². The number of aliphatic hydroxyl groups excluding tert-OH is 1. The molecule has 1 saturated carbocycles. The first-order chi connectivity index (χ1) is 17.7. The van der Waals surface area contributed by atoms with Crippen LogP contribution in [0.5, 0.6) is 5.75 Å². The zero-order chi connectivity index (χ0) is 26.3. The van der Waals surface area contributed by atoms with Crippen LogP contribution in [0.4, 0.5) is 4.39 Å². The van der Waals surface area contributed by atoms with Crippen molar-refractivity contribution in [3.05, 3.63) is 57.5 Å². The van der Waals surface area contributed by atoms with E-state index in [0.29, 0.717) is 57.6 Å². The molecule has 3 unspecified atom stereocenters. The molecule has 2 saturated heterocycles. The van der Waals surface area contributed by atoms with Crippen molar-refractivity contribution >= 4 is 23.1 Å². The number of carbonyl (C=O) groups excluding carboxylic acids is 1. The number of aliphatic hydroxyl groups is 1. The first-order valence-electron chi connectivity index (χ1n) is 12.8. The summed E-state index contributed by atoms with van der Waals surface area (Å²) in [6.07, 6.45) is 3.69. The number of nitrogens with zero attached hydrogens (tertiary/aromatic N) is 4. The summed E-state index contributed by atoms with van der Waals surface area (Å²) in [4.78, 5) is 26.5. The van der Waals surface area contributed by atoms with Gasteiger partial charge in [0, 0.05) is 36.5 Å². The second kappa shape index (κ2) is 10.6. The molecular weight excluding hydrogens is 497 g/mol. The highest BCUT2D eigenvalue weighted by Crippen LogP contribution is 2.36. The van der Waals surface area contributed by atoms with Crippen LogP contribution in [0.25, 0.3) is 5.57 Å². The van der Waals surface area contributed by atoms with E-state index in [1.54, 1.807) is 18.7 Å². The van der Waals surface area contributed by atoms with Crippen molar-refractivity contribution in [3.63, 3.8) is 0 Å². The number of benzene rings is 1. The van der Waals surface area contributed by atoms with E-state index in [1.807, 2.05) is 0 Å². The van der Waals surface area contributed by atoms with Gasteiger partial charge in [0.05, 0.1) is 41.7 Å². The fourth-order valence-corrected chi connectivity index (χ4v) is 5.96. The Morgan fingerprint density at radius 3 is 2.70 bits per heavy atom. The number of halogens is 2. The maximum absolute atomic E-state index is 14.3. The fraction of sp³-hybridized carbons (Fsp3) is 0.519. The number of piperidine rings is 1. The molecule has 3 aliphatic heterocycles. The van der Waals surface area contributed by atoms with E-state index >= 15 is 0 Å². The molecule has 0 spiro atoms. The second-order valence-corrected chi connectivity index (χ2v) is 10.7. The molecule has 3 fully saturated rings. The predicted molar refractivity (Wildman–Crippen MR) is 139 cm³/mol. The number of hydrogen-bond donors (Lipinski definition) is 2. The maximum Gasteiger partial charge on any atom is 0.258 e. The van der Waals surface area contributed by atoms with Crippen LogP contribution in [0.15, 0.2) is 23.9 Å². The van der Waals surface area contributed by atoms with Crippen molar-refractivity contribution in [2.45, 2.75) is 51.7 Å². The number of fused-ring (bicyclic) bond motifs is 4. The normalized spacial score (nSPS) is 24.0. The van der Waals surface area contributed by atoms with E-state index < -0.39 is 5.82 Å². The van der Waals surface area contributed by atoms with Gasteiger partial charge in [0.2, 0.25) is 0 Å². The number of aromatic nitrogens is 2. The number of ether oxygens (including phenoxy) is 1. The van der Waals surface area contributed by atoms with Gasteiger partial charge in [0.15, 0.2) is 5.82 Å². The zero-order valence-corrected chi connectivity index (χ0v) is 22.0. The Bertz CT molecular complexity index is 1220. The predicted octanol–water partition coefficient (Wildman–Crippen LogP) is 3.33. The molecule has 37 heavy (non-hydrogen) atoms. The van der Waals surface area contributed by atoms with E-state index in [2.05, 4.69) is 14.9 Å². The molecule has 10 heteroatoms. The van der Waals surface area contributed by atoms with Crippen LogP contribution in [0.3, 0.4) is 0 Å². The van der Waals surface area contributed by atoms with Crippen molar-refractivity contribution in [1.29, 1.82) is 0 Å². The standard InChI is InChI=1S/C27H33ClFN5O3/c1-15-25(28)16(2)32-26(31-15)22-13-34(14-23(22)30)27(36)21-6-4-18(29)10-24(21)37-20-9-17-3-5-19(11-20)33(12-17)7-8-35/h4,6,10,17,19-20,35H,3,5,7-9,11-14,30H2,1-2H3. The highest BCUT2D eigenvalue weighted by Gasteiger charge is 2.37. The van der Waals surface area contributed by atoms with Gasteiger partial charge in [-0.05, 0) is 57.6 Å². The summed E-state index contributed by atoms with van der Waals surface area (Å²) < 4.78 is 20.7. The van der Waals surface area contributed by atoms with Gasteiger partial charge >= 0.3 is 0 Å². The lowest BCUT2D eigenvalue weighted by Gasteiger charge is -2.35. The van der Waals surface area contributed by atoms with Gasteiger partial charge in [-0.2, -0.15) is 0 Å². The Kier molecular flexibility index (Phi) is 7.38. The lowest BCUT2D eigenvalue weighted by molar-refractivity contribution is 0.0787. The largest absolute Gasteiger partial charge is 0.489 e. The van der Waals surface area contributed by atoms with Gasteiger partial charge in [-0.3, -0.25) is 9.69 Å². The van der Waals surface area contributed by atoms with Crippen molar-refractivity contribution < 1.29 is 19.0 Å². The number of rotatable bonds is 6. The third-order valence-corrected chi connectivity index (χ3v) is 8.29. The van der Waals surface area contributed by atoms with Gasteiger partial charge in [-0.15, -0.1) is 0 Å². The van der Waals surface area contributed by atoms with E-state index in [-0.39, 0.29) is 37.5 Å². The van der Waals surface area contributed by atoms with E-state index in [4.69, 9.17) is 22.1 Å². The summed E-state index contributed by atoms with van der Waals surface area (Å²) in [5.41, 5.74) is 9.13. The molecule has 2 bridgehead atoms. The molecule has 1 aromatic carbocycles. The van der Waals surface area contributed by atoms with Gasteiger partial charge in [-0.1, -0.05) is 11.6 Å². The minimum absolute atomic E-state index is 0.125. The SMILES string of the molecule is Cc1nc(C2=C(N)CN(C(=O)c3ccc(F)cc3OC3CC4CCC(C3)N(CCO)C4)C2)nc(C)c1Cl. The number of carbonyl (C=O) groups is 1.